The zero-order valence-electron chi connectivity index (χ0n) is 14.8. The molecule has 0 atom stereocenters. The molecule has 6 heteroatoms. The number of methoxy groups -OCH3 is 1. The maximum atomic E-state index is 12.4. The number of aromatic nitrogens is 2. The van der Waals surface area contributed by atoms with Gasteiger partial charge in [0.2, 0.25) is 5.91 Å². The number of ether oxygens (including phenoxy) is 2. The minimum absolute atomic E-state index is 0.0331. The summed E-state index contributed by atoms with van der Waals surface area (Å²) in [5, 5.41) is 10.4. The number of H-pyrrole nitrogens is 1. The van der Waals surface area contributed by atoms with Gasteiger partial charge < -0.3 is 14.8 Å². The van der Waals surface area contributed by atoms with Crippen LogP contribution in [0.2, 0.25) is 0 Å². The molecule has 134 valence electrons. The Morgan fingerprint density at radius 3 is 2.72 bits per heavy atom. The first-order chi connectivity index (χ1) is 12.2. The molecule has 2 heterocycles. The fourth-order valence-corrected chi connectivity index (χ4v) is 3.09. The molecule has 0 spiro atoms. The fraction of sp³-hybridized carbons (Fsp3) is 0.474. The molecule has 25 heavy (non-hydrogen) atoms. The second kappa shape index (κ2) is 8.16. The molecule has 1 amide bonds. The zero-order chi connectivity index (χ0) is 17.6. The molecule has 0 radical (unpaired) electrons. The molecule has 3 rings (SSSR count). The molecular weight excluding hydrogens is 318 g/mol. The van der Waals surface area contributed by atoms with E-state index in [0.717, 1.165) is 60.9 Å². The Balaban J connectivity index is 1.65. The largest absolute Gasteiger partial charge is 0.497 e. The Kier molecular flexibility index (Phi) is 5.71. The van der Waals surface area contributed by atoms with Crippen molar-refractivity contribution in [2.24, 2.45) is 5.92 Å². The van der Waals surface area contributed by atoms with Crippen LogP contribution in [0.3, 0.4) is 0 Å². The average Bonchev–Trinajstić information content (AvgIpc) is 3.01. The Morgan fingerprint density at radius 2 is 2.04 bits per heavy atom. The molecule has 1 aromatic heterocycles. The number of hydrogen-bond acceptors (Lipinski definition) is 4. The highest BCUT2D eigenvalue weighted by atomic mass is 16.5. The van der Waals surface area contributed by atoms with Crippen molar-refractivity contribution in [3.8, 4) is 17.0 Å². The van der Waals surface area contributed by atoms with Crippen LogP contribution >= 0.6 is 0 Å². The summed E-state index contributed by atoms with van der Waals surface area (Å²) in [4.78, 5) is 12.4. The number of rotatable bonds is 6. The highest BCUT2D eigenvalue weighted by Crippen LogP contribution is 2.26. The standard InChI is InChI=1S/C19H25N3O3/c1-13-17(11-18(23)20-12-14-7-9-25-10-8-14)19(22-21-13)15-3-5-16(24-2)6-4-15/h3-6,14H,7-12H2,1-2H3,(H,20,23)(H,21,22). The molecule has 0 bridgehead atoms. The van der Waals surface area contributed by atoms with Gasteiger partial charge in [-0.25, -0.2) is 0 Å². The Morgan fingerprint density at radius 1 is 1.32 bits per heavy atom. The minimum Gasteiger partial charge on any atom is -0.497 e. The Bertz CT molecular complexity index is 703. The molecule has 1 saturated heterocycles. The summed E-state index contributed by atoms with van der Waals surface area (Å²) in [5.74, 6) is 1.35. The van der Waals surface area contributed by atoms with Crippen LogP contribution in [0.25, 0.3) is 11.3 Å². The van der Waals surface area contributed by atoms with Gasteiger partial charge in [0, 0.05) is 36.6 Å². The van der Waals surface area contributed by atoms with E-state index in [1.165, 1.54) is 0 Å². The van der Waals surface area contributed by atoms with Gasteiger partial charge in [-0.05, 0) is 49.9 Å². The second-order valence-electron chi connectivity index (χ2n) is 6.44. The number of hydrogen-bond donors (Lipinski definition) is 2. The molecule has 2 aromatic rings. The van der Waals surface area contributed by atoms with Crippen molar-refractivity contribution in [1.82, 2.24) is 15.5 Å². The fourth-order valence-electron chi connectivity index (χ4n) is 3.09. The van der Waals surface area contributed by atoms with Gasteiger partial charge in [0.05, 0.1) is 19.2 Å². The lowest BCUT2D eigenvalue weighted by molar-refractivity contribution is -0.120. The van der Waals surface area contributed by atoms with Crippen LogP contribution in [0.4, 0.5) is 0 Å². The van der Waals surface area contributed by atoms with Crippen molar-refractivity contribution in [2.45, 2.75) is 26.2 Å². The molecular formula is C19H25N3O3. The van der Waals surface area contributed by atoms with Gasteiger partial charge in [0.25, 0.3) is 0 Å². The van der Waals surface area contributed by atoms with Gasteiger partial charge in [-0.2, -0.15) is 5.10 Å². The van der Waals surface area contributed by atoms with Crippen molar-refractivity contribution >= 4 is 5.91 Å². The molecule has 1 fully saturated rings. The van der Waals surface area contributed by atoms with Gasteiger partial charge in [-0.15, -0.1) is 0 Å². The number of nitrogens with one attached hydrogen (secondary N) is 2. The van der Waals surface area contributed by atoms with Gasteiger partial charge in [0.15, 0.2) is 0 Å². The second-order valence-corrected chi connectivity index (χ2v) is 6.44. The van der Waals surface area contributed by atoms with Gasteiger partial charge >= 0.3 is 0 Å². The number of aromatic amines is 1. The highest BCUT2D eigenvalue weighted by Gasteiger charge is 2.18. The number of nitrogens with zero attached hydrogens (tertiary/aromatic N) is 1. The van der Waals surface area contributed by atoms with Crippen LogP contribution in [0.5, 0.6) is 5.75 Å². The molecule has 2 N–H and O–H groups in total. The molecule has 0 saturated carbocycles. The van der Waals surface area contributed by atoms with Crippen LogP contribution in [-0.2, 0) is 16.0 Å². The summed E-state index contributed by atoms with van der Waals surface area (Å²) in [6.07, 6.45) is 2.36. The number of benzene rings is 1. The lowest BCUT2D eigenvalue weighted by atomic mass is 10.00. The first-order valence-electron chi connectivity index (χ1n) is 8.70. The number of carbonyl (C=O) groups is 1. The first-order valence-corrected chi connectivity index (χ1v) is 8.70. The van der Waals surface area contributed by atoms with Crippen LogP contribution < -0.4 is 10.1 Å². The third-order valence-electron chi connectivity index (χ3n) is 4.70. The summed E-state index contributed by atoms with van der Waals surface area (Å²) in [6, 6.07) is 7.71. The number of amides is 1. The molecule has 0 unspecified atom stereocenters. The van der Waals surface area contributed by atoms with Crippen molar-refractivity contribution in [1.29, 1.82) is 0 Å². The van der Waals surface area contributed by atoms with Crippen molar-refractivity contribution < 1.29 is 14.3 Å². The Hall–Kier alpha value is -2.34. The lowest BCUT2D eigenvalue weighted by Crippen LogP contribution is -2.33. The zero-order valence-corrected chi connectivity index (χ0v) is 14.8. The maximum Gasteiger partial charge on any atom is 0.224 e. The SMILES string of the molecule is COc1ccc(-c2n[nH]c(C)c2CC(=O)NCC2CCOCC2)cc1. The maximum absolute atomic E-state index is 12.4. The van der Waals surface area contributed by atoms with Crippen molar-refractivity contribution in [3.05, 3.63) is 35.5 Å². The van der Waals surface area contributed by atoms with Gasteiger partial charge in [0.1, 0.15) is 5.75 Å². The van der Waals surface area contributed by atoms with Crippen molar-refractivity contribution in [2.75, 3.05) is 26.9 Å². The van der Waals surface area contributed by atoms with Gasteiger partial charge in [-0.3, -0.25) is 9.89 Å². The summed E-state index contributed by atoms with van der Waals surface area (Å²) in [6.45, 7) is 4.25. The van der Waals surface area contributed by atoms with Crippen LogP contribution in [-0.4, -0.2) is 43.0 Å². The van der Waals surface area contributed by atoms with Crippen molar-refractivity contribution in [3.63, 3.8) is 0 Å². The van der Waals surface area contributed by atoms with E-state index in [4.69, 9.17) is 9.47 Å². The summed E-state index contributed by atoms with van der Waals surface area (Å²) in [7, 11) is 1.64. The third kappa shape index (κ3) is 4.39. The van der Waals surface area contributed by atoms with Crippen LogP contribution in [0.1, 0.15) is 24.1 Å². The Labute approximate surface area is 147 Å². The topological polar surface area (TPSA) is 76.2 Å². The normalized spacial score (nSPS) is 15.1. The van der Waals surface area contributed by atoms with E-state index in [9.17, 15) is 4.79 Å². The molecule has 1 aromatic carbocycles. The van der Waals surface area contributed by atoms with E-state index >= 15 is 0 Å². The quantitative estimate of drug-likeness (QED) is 0.845. The molecule has 0 aliphatic carbocycles. The number of aryl methyl sites for hydroxylation is 1. The predicted molar refractivity (Wildman–Crippen MR) is 95.6 cm³/mol. The minimum atomic E-state index is 0.0331. The molecule has 1 aliphatic heterocycles. The van der Waals surface area contributed by atoms with Gasteiger partial charge in [-0.1, -0.05) is 0 Å². The summed E-state index contributed by atoms with van der Waals surface area (Å²) >= 11 is 0. The van der Waals surface area contributed by atoms with Crippen LogP contribution in [0.15, 0.2) is 24.3 Å². The van der Waals surface area contributed by atoms with E-state index in [1.54, 1.807) is 7.11 Å². The van der Waals surface area contributed by atoms with E-state index in [1.807, 2.05) is 31.2 Å². The van der Waals surface area contributed by atoms with E-state index in [2.05, 4.69) is 15.5 Å². The molecule has 6 nitrogen and oxygen atoms in total. The predicted octanol–water partition coefficient (Wildman–Crippen LogP) is 2.48. The van der Waals surface area contributed by atoms with Crippen LogP contribution in [0, 0.1) is 12.8 Å². The molecule has 1 aliphatic rings. The monoisotopic (exact) mass is 343 g/mol. The third-order valence-corrected chi connectivity index (χ3v) is 4.70. The van der Waals surface area contributed by atoms with E-state index in [0.29, 0.717) is 12.3 Å². The number of carbonyl (C=O) groups excluding carboxylic acids is 1. The smallest absolute Gasteiger partial charge is 0.224 e. The average molecular weight is 343 g/mol. The van der Waals surface area contributed by atoms with E-state index in [-0.39, 0.29) is 5.91 Å². The summed E-state index contributed by atoms with van der Waals surface area (Å²) in [5.41, 5.74) is 3.65. The lowest BCUT2D eigenvalue weighted by Gasteiger charge is -2.22. The highest BCUT2D eigenvalue weighted by molar-refractivity contribution is 5.81. The summed E-state index contributed by atoms with van der Waals surface area (Å²) < 4.78 is 10.5. The first kappa shape index (κ1) is 17.5. The van der Waals surface area contributed by atoms with E-state index < -0.39 is 0 Å².